The Morgan fingerprint density at radius 1 is 0.895 bits per heavy atom. The lowest BCUT2D eigenvalue weighted by Crippen LogP contribution is -2.03. The molecule has 0 N–H and O–H groups in total. The first-order valence-electron chi connectivity index (χ1n) is 8.19. The molecule has 1 unspecified atom stereocenters. The van der Waals surface area contributed by atoms with Crippen molar-refractivity contribution in [3.63, 3.8) is 0 Å². The Morgan fingerprint density at radius 2 is 1.58 bits per heavy atom. The number of aromatic nitrogens is 3. The van der Waals surface area contributed by atoms with Crippen molar-refractivity contribution in [1.29, 1.82) is 0 Å². The second kappa shape index (κ2) is 11.0. The fourth-order valence-corrected chi connectivity index (χ4v) is 2.66. The monoisotopic (exact) mass is 265 g/mol. The minimum Gasteiger partial charge on any atom is -0.253 e. The highest BCUT2D eigenvalue weighted by Gasteiger charge is 2.07. The lowest BCUT2D eigenvalue weighted by molar-refractivity contribution is 0.370. The summed E-state index contributed by atoms with van der Waals surface area (Å²) in [7, 11) is 0. The molecular formula is C16H31N3. The predicted octanol–water partition coefficient (Wildman–Crippen LogP) is 4.84. The predicted molar refractivity (Wildman–Crippen MR) is 81.0 cm³/mol. The van der Waals surface area contributed by atoms with Gasteiger partial charge >= 0.3 is 0 Å². The Bertz CT molecular complexity index is 282. The van der Waals surface area contributed by atoms with Crippen molar-refractivity contribution in [3.8, 4) is 0 Å². The van der Waals surface area contributed by atoms with E-state index in [-0.39, 0.29) is 0 Å². The number of hydrogen-bond donors (Lipinski definition) is 0. The molecule has 0 aliphatic heterocycles. The van der Waals surface area contributed by atoms with E-state index in [0.717, 1.165) is 12.5 Å². The summed E-state index contributed by atoms with van der Waals surface area (Å²) >= 11 is 0. The number of hydrogen-bond acceptors (Lipinski definition) is 2. The minimum absolute atomic E-state index is 0.960. The van der Waals surface area contributed by atoms with Gasteiger partial charge in [-0.1, -0.05) is 71.6 Å². The van der Waals surface area contributed by atoms with Crippen LogP contribution >= 0.6 is 0 Å². The molecule has 0 fully saturated rings. The Balaban J connectivity index is 2.11. The number of aryl methyl sites for hydroxylation is 1. The van der Waals surface area contributed by atoms with Crippen molar-refractivity contribution in [2.75, 3.05) is 0 Å². The molecular weight excluding hydrogens is 234 g/mol. The van der Waals surface area contributed by atoms with Crippen molar-refractivity contribution >= 4 is 0 Å². The average molecular weight is 265 g/mol. The lowest BCUT2D eigenvalue weighted by Gasteiger charge is -2.16. The summed E-state index contributed by atoms with van der Waals surface area (Å²) in [5, 5.41) is 4.15. The van der Waals surface area contributed by atoms with Gasteiger partial charge in [0.05, 0.1) is 0 Å². The maximum atomic E-state index is 4.15. The van der Waals surface area contributed by atoms with Crippen molar-refractivity contribution in [3.05, 3.63) is 12.7 Å². The highest BCUT2D eigenvalue weighted by Crippen LogP contribution is 2.22. The highest BCUT2D eigenvalue weighted by molar-refractivity contribution is 4.62. The number of nitrogens with zero attached hydrogens (tertiary/aromatic N) is 3. The van der Waals surface area contributed by atoms with Crippen molar-refractivity contribution in [2.45, 2.75) is 84.6 Å². The molecule has 1 atom stereocenters. The van der Waals surface area contributed by atoms with E-state index in [1.165, 1.54) is 64.2 Å². The number of unbranched alkanes of at least 4 members (excludes halogenated alkanes) is 4. The van der Waals surface area contributed by atoms with Gasteiger partial charge in [0.2, 0.25) is 0 Å². The normalized spacial score (nSPS) is 12.7. The SMILES string of the molecule is CCCCCC(CCCC)CCCCn1cncn1. The molecule has 3 heteroatoms. The van der Waals surface area contributed by atoms with Gasteiger partial charge in [-0.2, -0.15) is 5.10 Å². The van der Waals surface area contributed by atoms with Crippen molar-refractivity contribution in [2.24, 2.45) is 5.92 Å². The summed E-state index contributed by atoms with van der Waals surface area (Å²) in [5.74, 6) is 0.960. The number of rotatable bonds is 12. The van der Waals surface area contributed by atoms with Gasteiger partial charge in [-0.3, -0.25) is 4.68 Å². The van der Waals surface area contributed by atoms with Crippen LogP contribution in [0.3, 0.4) is 0 Å². The fraction of sp³-hybridized carbons (Fsp3) is 0.875. The molecule has 19 heavy (non-hydrogen) atoms. The molecule has 1 rings (SSSR count). The zero-order chi connectivity index (χ0) is 13.8. The first-order valence-corrected chi connectivity index (χ1v) is 8.19. The van der Waals surface area contributed by atoms with Crippen LogP contribution in [0, 0.1) is 5.92 Å². The Labute approximate surface area is 118 Å². The summed E-state index contributed by atoms with van der Waals surface area (Å²) in [6.45, 7) is 5.61. The van der Waals surface area contributed by atoms with Gasteiger partial charge in [0, 0.05) is 6.54 Å². The van der Waals surface area contributed by atoms with Gasteiger partial charge in [-0.15, -0.1) is 0 Å². The van der Waals surface area contributed by atoms with Gasteiger partial charge in [0.15, 0.2) is 0 Å². The Hall–Kier alpha value is -0.860. The molecule has 0 bridgehead atoms. The van der Waals surface area contributed by atoms with Crippen LogP contribution in [-0.2, 0) is 6.54 Å². The van der Waals surface area contributed by atoms with Crippen LogP contribution in [0.1, 0.15) is 78.1 Å². The highest BCUT2D eigenvalue weighted by atomic mass is 15.3. The molecule has 1 aromatic rings. The third-order valence-corrected chi connectivity index (χ3v) is 3.90. The van der Waals surface area contributed by atoms with Crippen molar-refractivity contribution < 1.29 is 0 Å². The minimum atomic E-state index is 0.960. The Kier molecular flexibility index (Phi) is 9.38. The van der Waals surface area contributed by atoms with Crippen LogP contribution in [0.2, 0.25) is 0 Å². The third-order valence-electron chi connectivity index (χ3n) is 3.90. The summed E-state index contributed by atoms with van der Waals surface area (Å²) in [6.07, 6.45) is 17.2. The molecule has 1 heterocycles. The molecule has 0 saturated carbocycles. The van der Waals surface area contributed by atoms with Crippen LogP contribution in [0.25, 0.3) is 0 Å². The first-order chi connectivity index (χ1) is 9.36. The van der Waals surface area contributed by atoms with Gasteiger partial charge in [-0.25, -0.2) is 4.98 Å². The van der Waals surface area contributed by atoms with Gasteiger partial charge in [0.25, 0.3) is 0 Å². The van der Waals surface area contributed by atoms with E-state index in [2.05, 4.69) is 23.9 Å². The second-order valence-electron chi connectivity index (χ2n) is 5.66. The molecule has 1 aromatic heterocycles. The van der Waals surface area contributed by atoms with Gasteiger partial charge < -0.3 is 0 Å². The summed E-state index contributed by atoms with van der Waals surface area (Å²) in [6, 6.07) is 0. The van der Waals surface area contributed by atoms with E-state index in [0.29, 0.717) is 0 Å². The lowest BCUT2D eigenvalue weighted by atomic mass is 9.91. The Morgan fingerprint density at radius 3 is 2.21 bits per heavy atom. The third kappa shape index (κ3) is 8.02. The van der Waals surface area contributed by atoms with E-state index in [1.807, 2.05) is 11.0 Å². The maximum Gasteiger partial charge on any atom is 0.137 e. The van der Waals surface area contributed by atoms with Gasteiger partial charge in [-0.05, 0) is 12.3 Å². The van der Waals surface area contributed by atoms with Crippen molar-refractivity contribution in [1.82, 2.24) is 14.8 Å². The summed E-state index contributed by atoms with van der Waals surface area (Å²) < 4.78 is 1.94. The molecule has 0 radical (unpaired) electrons. The van der Waals surface area contributed by atoms with E-state index in [9.17, 15) is 0 Å². The molecule has 0 amide bonds. The molecule has 0 aromatic carbocycles. The zero-order valence-electron chi connectivity index (χ0n) is 12.9. The smallest absolute Gasteiger partial charge is 0.137 e. The second-order valence-corrected chi connectivity index (χ2v) is 5.66. The zero-order valence-corrected chi connectivity index (χ0v) is 12.9. The van der Waals surface area contributed by atoms with E-state index in [4.69, 9.17) is 0 Å². The quantitative estimate of drug-likeness (QED) is 0.506. The van der Waals surface area contributed by atoms with E-state index >= 15 is 0 Å². The summed E-state index contributed by atoms with van der Waals surface area (Å²) in [5.41, 5.74) is 0. The largest absolute Gasteiger partial charge is 0.253 e. The molecule has 0 aliphatic rings. The van der Waals surface area contributed by atoms with E-state index < -0.39 is 0 Å². The molecule has 0 aliphatic carbocycles. The standard InChI is InChI=1S/C16H31N3/c1-3-5-7-11-16(10-6-4-2)12-8-9-13-19-15-17-14-18-19/h14-16H,3-13H2,1-2H3. The van der Waals surface area contributed by atoms with Crippen LogP contribution in [0.5, 0.6) is 0 Å². The molecule has 3 nitrogen and oxygen atoms in total. The van der Waals surface area contributed by atoms with Crippen LogP contribution in [0.15, 0.2) is 12.7 Å². The molecule has 0 saturated heterocycles. The fourth-order valence-electron chi connectivity index (χ4n) is 2.66. The van der Waals surface area contributed by atoms with Crippen LogP contribution in [0.4, 0.5) is 0 Å². The first kappa shape index (κ1) is 16.2. The van der Waals surface area contributed by atoms with Crippen LogP contribution in [-0.4, -0.2) is 14.8 Å². The summed E-state index contributed by atoms with van der Waals surface area (Å²) in [4.78, 5) is 3.98. The topological polar surface area (TPSA) is 30.7 Å². The van der Waals surface area contributed by atoms with Crippen LogP contribution < -0.4 is 0 Å². The maximum absolute atomic E-state index is 4.15. The van der Waals surface area contributed by atoms with E-state index in [1.54, 1.807) is 6.33 Å². The molecule has 110 valence electrons. The average Bonchev–Trinajstić information content (AvgIpc) is 2.93. The van der Waals surface area contributed by atoms with Gasteiger partial charge in [0.1, 0.15) is 12.7 Å². The molecule has 0 spiro atoms.